The zero-order chi connectivity index (χ0) is 11.3. The number of likely N-dealkylation sites (N-methyl/N-ethyl adjacent to an activating group) is 1. The molecular weight excluding hydrogens is 186 g/mol. The van der Waals surface area contributed by atoms with E-state index < -0.39 is 0 Å². The molecule has 0 atom stereocenters. The Morgan fingerprint density at radius 3 is 2.60 bits per heavy atom. The van der Waals surface area contributed by atoms with Gasteiger partial charge in [-0.3, -0.25) is 0 Å². The van der Waals surface area contributed by atoms with Crippen LogP contribution in [-0.4, -0.2) is 30.1 Å². The van der Waals surface area contributed by atoms with Crippen molar-refractivity contribution < 1.29 is 5.11 Å². The van der Waals surface area contributed by atoms with Gasteiger partial charge >= 0.3 is 0 Å². The summed E-state index contributed by atoms with van der Waals surface area (Å²) in [7, 11) is 2.12. The molecule has 0 aliphatic carbocycles. The lowest BCUT2D eigenvalue weighted by molar-refractivity contribution is 0.336. The molecule has 0 unspecified atom stereocenters. The van der Waals surface area contributed by atoms with Crippen molar-refractivity contribution in [1.29, 1.82) is 0 Å². The topological polar surface area (TPSA) is 23.5 Å². The molecule has 0 spiro atoms. The van der Waals surface area contributed by atoms with Gasteiger partial charge in [-0.25, -0.2) is 0 Å². The molecule has 0 aliphatic rings. The average molecular weight is 207 g/mol. The van der Waals surface area contributed by atoms with Gasteiger partial charge in [0.15, 0.2) is 0 Å². The number of phenols is 1. The van der Waals surface area contributed by atoms with E-state index in [1.165, 1.54) is 12.0 Å². The van der Waals surface area contributed by atoms with Crippen molar-refractivity contribution in [3.63, 3.8) is 0 Å². The first-order valence-corrected chi connectivity index (χ1v) is 5.61. The van der Waals surface area contributed by atoms with Crippen LogP contribution in [0.5, 0.6) is 5.75 Å². The summed E-state index contributed by atoms with van der Waals surface area (Å²) in [5.41, 5.74) is 2.26. The number of phenolic OH excluding ortho intramolecular Hbond substituents is 1. The second-order valence-corrected chi connectivity index (χ2v) is 4.13. The summed E-state index contributed by atoms with van der Waals surface area (Å²) < 4.78 is 0. The number of aryl methyl sites for hydroxylation is 1. The van der Waals surface area contributed by atoms with Crippen LogP contribution in [0, 0.1) is 6.92 Å². The van der Waals surface area contributed by atoms with Crippen LogP contribution < -0.4 is 0 Å². The highest BCUT2D eigenvalue weighted by molar-refractivity contribution is 5.38. The Kier molecular flexibility index (Phi) is 4.63. The van der Waals surface area contributed by atoms with Crippen molar-refractivity contribution in [2.75, 3.05) is 20.1 Å². The number of hydrogen-bond acceptors (Lipinski definition) is 2. The Bertz CT molecular complexity index is 289. The number of nitrogens with zero attached hydrogens (tertiary/aromatic N) is 1. The number of rotatable bonds is 5. The van der Waals surface area contributed by atoms with Crippen molar-refractivity contribution in [3.8, 4) is 5.75 Å². The van der Waals surface area contributed by atoms with Gasteiger partial charge in [0.25, 0.3) is 0 Å². The normalized spacial score (nSPS) is 10.9. The Balaban J connectivity index is 2.57. The van der Waals surface area contributed by atoms with E-state index in [0.717, 1.165) is 25.1 Å². The molecule has 1 aromatic carbocycles. The Morgan fingerprint density at radius 1 is 1.27 bits per heavy atom. The molecule has 0 aromatic heterocycles. The minimum Gasteiger partial charge on any atom is -0.508 e. The maximum Gasteiger partial charge on any atom is 0.119 e. The monoisotopic (exact) mass is 207 g/mol. The SMILES string of the molecule is CCCN(C)CCc1c(C)cccc1O. The van der Waals surface area contributed by atoms with E-state index >= 15 is 0 Å². The minimum atomic E-state index is 0.430. The lowest BCUT2D eigenvalue weighted by atomic mass is 10.0. The number of benzene rings is 1. The predicted molar refractivity (Wildman–Crippen MR) is 64.3 cm³/mol. The maximum atomic E-state index is 9.72. The fourth-order valence-electron chi connectivity index (χ4n) is 1.81. The molecule has 1 aromatic rings. The third kappa shape index (κ3) is 3.56. The molecule has 0 saturated heterocycles. The molecule has 0 fully saturated rings. The highest BCUT2D eigenvalue weighted by Crippen LogP contribution is 2.20. The van der Waals surface area contributed by atoms with Crippen molar-refractivity contribution in [2.24, 2.45) is 0 Å². The van der Waals surface area contributed by atoms with Crippen LogP contribution in [0.2, 0.25) is 0 Å². The van der Waals surface area contributed by atoms with E-state index in [9.17, 15) is 5.11 Å². The van der Waals surface area contributed by atoms with Gasteiger partial charge < -0.3 is 10.0 Å². The first-order chi connectivity index (χ1) is 7.15. The van der Waals surface area contributed by atoms with Gasteiger partial charge in [-0.1, -0.05) is 19.1 Å². The van der Waals surface area contributed by atoms with E-state index in [1.807, 2.05) is 6.07 Å². The summed E-state index contributed by atoms with van der Waals surface area (Å²) in [6.07, 6.45) is 2.10. The van der Waals surface area contributed by atoms with Crippen molar-refractivity contribution in [1.82, 2.24) is 4.90 Å². The van der Waals surface area contributed by atoms with Gasteiger partial charge in [0, 0.05) is 6.54 Å². The highest BCUT2D eigenvalue weighted by atomic mass is 16.3. The first kappa shape index (κ1) is 12.1. The highest BCUT2D eigenvalue weighted by Gasteiger charge is 2.05. The third-order valence-electron chi connectivity index (χ3n) is 2.73. The summed E-state index contributed by atoms with van der Waals surface area (Å²) in [4.78, 5) is 2.30. The lowest BCUT2D eigenvalue weighted by Crippen LogP contribution is -2.22. The Morgan fingerprint density at radius 2 is 2.00 bits per heavy atom. The molecule has 2 heteroatoms. The second-order valence-electron chi connectivity index (χ2n) is 4.13. The second kappa shape index (κ2) is 5.76. The summed E-state index contributed by atoms with van der Waals surface area (Å²) in [5.74, 6) is 0.430. The fourth-order valence-corrected chi connectivity index (χ4v) is 1.81. The van der Waals surface area contributed by atoms with Gasteiger partial charge in [0.1, 0.15) is 5.75 Å². The van der Waals surface area contributed by atoms with E-state index in [-0.39, 0.29) is 0 Å². The zero-order valence-electron chi connectivity index (χ0n) is 9.95. The number of hydrogen-bond donors (Lipinski definition) is 1. The Hall–Kier alpha value is -1.02. The summed E-state index contributed by atoms with van der Waals surface area (Å²) in [6.45, 7) is 6.36. The standard InChI is InChI=1S/C13H21NO/c1-4-9-14(3)10-8-12-11(2)6-5-7-13(12)15/h5-7,15H,4,8-10H2,1-3H3. The van der Waals surface area contributed by atoms with E-state index in [1.54, 1.807) is 6.07 Å². The largest absolute Gasteiger partial charge is 0.508 e. The van der Waals surface area contributed by atoms with E-state index in [2.05, 4.69) is 31.9 Å². The average Bonchev–Trinajstić information content (AvgIpc) is 2.17. The Labute approximate surface area is 92.5 Å². The van der Waals surface area contributed by atoms with Gasteiger partial charge in [-0.2, -0.15) is 0 Å². The summed E-state index contributed by atoms with van der Waals surface area (Å²) >= 11 is 0. The zero-order valence-corrected chi connectivity index (χ0v) is 9.95. The van der Waals surface area contributed by atoms with Gasteiger partial charge in [0.05, 0.1) is 0 Å². The summed E-state index contributed by atoms with van der Waals surface area (Å²) in [5, 5.41) is 9.72. The van der Waals surface area contributed by atoms with Crippen LogP contribution in [0.4, 0.5) is 0 Å². The van der Waals surface area contributed by atoms with Crippen LogP contribution in [0.3, 0.4) is 0 Å². The molecule has 1 N–H and O–H groups in total. The van der Waals surface area contributed by atoms with E-state index in [4.69, 9.17) is 0 Å². The fraction of sp³-hybridized carbons (Fsp3) is 0.538. The summed E-state index contributed by atoms with van der Waals surface area (Å²) in [6, 6.07) is 5.71. The smallest absolute Gasteiger partial charge is 0.119 e. The molecule has 0 heterocycles. The van der Waals surface area contributed by atoms with Gasteiger partial charge in [-0.05, 0) is 50.6 Å². The molecule has 0 amide bonds. The minimum absolute atomic E-state index is 0.430. The van der Waals surface area contributed by atoms with Gasteiger partial charge in [-0.15, -0.1) is 0 Å². The molecule has 2 nitrogen and oxygen atoms in total. The molecule has 1 rings (SSSR count). The van der Waals surface area contributed by atoms with Crippen molar-refractivity contribution >= 4 is 0 Å². The van der Waals surface area contributed by atoms with Crippen molar-refractivity contribution in [2.45, 2.75) is 26.7 Å². The van der Waals surface area contributed by atoms with Crippen LogP contribution in [0.25, 0.3) is 0 Å². The third-order valence-corrected chi connectivity index (χ3v) is 2.73. The quantitative estimate of drug-likeness (QED) is 0.802. The molecule has 0 aliphatic heterocycles. The van der Waals surface area contributed by atoms with Crippen LogP contribution in [0.15, 0.2) is 18.2 Å². The van der Waals surface area contributed by atoms with Crippen LogP contribution in [-0.2, 0) is 6.42 Å². The molecule has 15 heavy (non-hydrogen) atoms. The molecule has 84 valence electrons. The van der Waals surface area contributed by atoms with Crippen LogP contribution >= 0.6 is 0 Å². The molecule has 0 saturated carbocycles. The van der Waals surface area contributed by atoms with Crippen molar-refractivity contribution in [3.05, 3.63) is 29.3 Å². The molecule has 0 radical (unpaired) electrons. The molecular formula is C13H21NO. The predicted octanol–water partition coefficient (Wildman–Crippen LogP) is 2.58. The first-order valence-electron chi connectivity index (χ1n) is 5.61. The van der Waals surface area contributed by atoms with Crippen LogP contribution in [0.1, 0.15) is 24.5 Å². The molecule has 0 bridgehead atoms. The maximum absolute atomic E-state index is 9.72. The lowest BCUT2D eigenvalue weighted by Gasteiger charge is -2.16. The van der Waals surface area contributed by atoms with Gasteiger partial charge in [0.2, 0.25) is 0 Å². The number of aromatic hydroxyl groups is 1. The van der Waals surface area contributed by atoms with E-state index in [0.29, 0.717) is 5.75 Å².